The van der Waals surface area contributed by atoms with Gasteiger partial charge in [-0.05, 0) is 50.0 Å². The van der Waals surface area contributed by atoms with Crippen molar-refractivity contribution >= 4 is 0 Å². The molecule has 0 aliphatic carbocycles. The Hall–Kier alpha value is -0.960. The smallest absolute Gasteiger partial charge is 0.159 e. The van der Waals surface area contributed by atoms with Crippen LogP contribution < -0.4 is 5.32 Å². The molecule has 3 heteroatoms. The molecular weight excluding hydrogens is 196 g/mol. The fourth-order valence-corrected chi connectivity index (χ4v) is 1.56. The van der Waals surface area contributed by atoms with Crippen LogP contribution in [0.5, 0.6) is 0 Å². The maximum absolute atomic E-state index is 12.9. The van der Waals surface area contributed by atoms with Gasteiger partial charge in [0.15, 0.2) is 11.6 Å². The maximum atomic E-state index is 12.9. The van der Waals surface area contributed by atoms with E-state index in [2.05, 4.69) is 12.2 Å². The minimum atomic E-state index is -0.776. The van der Waals surface area contributed by atoms with Gasteiger partial charge in [0, 0.05) is 0 Å². The van der Waals surface area contributed by atoms with Gasteiger partial charge in [-0.1, -0.05) is 13.0 Å². The molecule has 0 saturated carbocycles. The molecule has 0 saturated heterocycles. The van der Waals surface area contributed by atoms with Gasteiger partial charge in [-0.25, -0.2) is 8.78 Å². The van der Waals surface area contributed by atoms with Gasteiger partial charge in [-0.15, -0.1) is 0 Å². The number of nitrogens with one attached hydrogen (secondary N) is 1. The van der Waals surface area contributed by atoms with E-state index in [1.165, 1.54) is 12.1 Å². The Bertz CT molecular complexity index is 312. The zero-order valence-corrected chi connectivity index (χ0v) is 9.19. The van der Waals surface area contributed by atoms with Crippen LogP contribution in [0.3, 0.4) is 0 Å². The van der Waals surface area contributed by atoms with Crippen LogP contribution in [-0.4, -0.2) is 13.6 Å². The first-order valence-corrected chi connectivity index (χ1v) is 5.22. The second-order valence-electron chi connectivity index (χ2n) is 3.95. The third-order valence-corrected chi connectivity index (χ3v) is 2.46. The summed E-state index contributed by atoms with van der Waals surface area (Å²) in [5.41, 5.74) is 0.858. The summed E-state index contributed by atoms with van der Waals surface area (Å²) >= 11 is 0. The van der Waals surface area contributed by atoms with Gasteiger partial charge in [0.1, 0.15) is 0 Å². The van der Waals surface area contributed by atoms with E-state index in [9.17, 15) is 8.78 Å². The number of halogens is 2. The summed E-state index contributed by atoms with van der Waals surface area (Å²) in [6.07, 6.45) is 1.77. The number of hydrogen-bond donors (Lipinski definition) is 1. The highest BCUT2D eigenvalue weighted by atomic mass is 19.2. The van der Waals surface area contributed by atoms with Crippen LogP contribution in [0.4, 0.5) is 8.78 Å². The summed E-state index contributed by atoms with van der Waals surface area (Å²) in [6.45, 7) is 3.08. The third kappa shape index (κ3) is 3.96. The topological polar surface area (TPSA) is 12.0 Å². The van der Waals surface area contributed by atoms with Gasteiger partial charge in [-0.3, -0.25) is 0 Å². The summed E-state index contributed by atoms with van der Waals surface area (Å²) in [5, 5.41) is 3.09. The molecule has 1 N–H and O–H groups in total. The average Bonchev–Trinajstić information content (AvgIpc) is 2.20. The second kappa shape index (κ2) is 5.81. The van der Waals surface area contributed by atoms with E-state index in [0.29, 0.717) is 5.92 Å². The molecule has 0 bridgehead atoms. The van der Waals surface area contributed by atoms with Crippen LogP contribution in [0.1, 0.15) is 18.9 Å². The van der Waals surface area contributed by atoms with Gasteiger partial charge in [0.2, 0.25) is 0 Å². The fourth-order valence-electron chi connectivity index (χ4n) is 1.56. The monoisotopic (exact) mass is 213 g/mol. The Labute approximate surface area is 89.5 Å². The van der Waals surface area contributed by atoms with Crippen LogP contribution in [0.25, 0.3) is 0 Å². The van der Waals surface area contributed by atoms with Gasteiger partial charge >= 0.3 is 0 Å². The van der Waals surface area contributed by atoms with E-state index in [-0.39, 0.29) is 0 Å². The van der Waals surface area contributed by atoms with Crippen molar-refractivity contribution in [2.75, 3.05) is 13.6 Å². The lowest BCUT2D eigenvalue weighted by molar-refractivity contribution is 0.494. The van der Waals surface area contributed by atoms with E-state index in [1.807, 2.05) is 7.05 Å². The number of hydrogen-bond acceptors (Lipinski definition) is 1. The largest absolute Gasteiger partial charge is 0.319 e. The first-order valence-electron chi connectivity index (χ1n) is 5.22. The molecule has 0 amide bonds. The quantitative estimate of drug-likeness (QED) is 0.793. The minimum Gasteiger partial charge on any atom is -0.319 e. The van der Waals surface area contributed by atoms with Gasteiger partial charge in [-0.2, -0.15) is 0 Å². The first kappa shape index (κ1) is 12.1. The minimum absolute atomic E-state index is 0.545. The Morgan fingerprint density at radius 3 is 2.60 bits per heavy atom. The average molecular weight is 213 g/mol. The molecule has 15 heavy (non-hydrogen) atoms. The fraction of sp³-hybridized carbons (Fsp3) is 0.500. The molecule has 84 valence electrons. The Morgan fingerprint density at radius 1 is 1.27 bits per heavy atom. The molecule has 0 aliphatic rings. The summed E-state index contributed by atoms with van der Waals surface area (Å²) in [4.78, 5) is 0. The second-order valence-corrected chi connectivity index (χ2v) is 3.95. The molecule has 0 fully saturated rings. The van der Waals surface area contributed by atoms with Crippen molar-refractivity contribution < 1.29 is 8.78 Å². The van der Waals surface area contributed by atoms with Gasteiger partial charge in [0.05, 0.1) is 0 Å². The molecule has 1 unspecified atom stereocenters. The standard InChI is InChI=1S/C12H17F2N/c1-9(8-15-2)3-4-10-5-6-11(13)12(14)7-10/h5-7,9,15H,3-4,8H2,1-2H3. The van der Waals surface area contributed by atoms with Crippen molar-refractivity contribution in [2.45, 2.75) is 19.8 Å². The number of aryl methyl sites for hydroxylation is 1. The van der Waals surface area contributed by atoms with E-state index in [4.69, 9.17) is 0 Å². The van der Waals surface area contributed by atoms with Crippen LogP contribution in [0.2, 0.25) is 0 Å². The molecule has 0 aliphatic heterocycles. The first-order chi connectivity index (χ1) is 7.13. The highest BCUT2D eigenvalue weighted by Crippen LogP contribution is 2.12. The van der Waals surface area contributed by atoms with Gasteiger partial charge < -0.3 is 5.32 Å². The Balaban J connectivity index is 2.47. The van der Waals surface area contributed by atoms with Crippen LogP contribution in [0, 0.1) is 17.6 Å². The molecule has 1 nitrogen and oxygen atoms in total. The Kier molecular flexibility index (Phi) is 4.69. The molecule has 1 atom stereocenters. The highest BCUT2D eigenvalue weighted by Gasteiger charge is 2.05. The molecule has 0 spiro atoms. The summed E-state index contributed by atoms with van der Waals surface area (Å²) in [6, 6.07) is 4.11. The molecule has 0 heterocycles. The van der Waals surface area contributed by atoms with Crippen LogP contribution in [-0.2, 0) is 6.42 Å². The molecule has 1 aromatic carbocycles. The molecular formula is C12H17F2N. The summed E-state index contributed by atoms with van der Waals surface area (Å²) in [5.74, 6) is -0.987. The third-order valence-electron chi connectivity index (χ3n) is 2.46. The van der Waals surface area contributed by atoms with E-state index in [0.717, 1.165) is 24.9 Å². The van der Waals surface area contributed by atoms with Crippen molar-refractivity contribution in [1.29, 1.82) is 0 Å². The van der Waals surface area contributed by atoms with E-state index >= 15 is 0 Å². The van der Waals surface area contributed by atoms with Crippen molar-refractivity contribution in [1.82, 2.24) is 5.32 Å². The maximum Gasteiger partial charge on any atom is 0.159 e. The van der Waals surface area contributed by atoms with Crippen LogP contribution >= 0.6 is 0 Å². The molecule has 0 aromatic heterocycles. The lowest BCUT2D eigenvalue weighted by Gasteiger charge is -2.10. The zero-order valence-electron chi connectivity index (χ0n) is 9.19. The summed E-state index contributed by atoms with van der Waals surface area (Å²) in [7, 11) is 1.91. The molecule has 1 rings (SSSR count). The predicted octanol–water partition coefficient (Wildman–Crippen LogP) is 2.75. The Morgan fingerprint density at radius 2 is 2.00 bits per heavy atom. The summed E-state index contributed by atoms with van der Waals surface area (Å²) < 4.78 is 25.5. The van der Waals surface area contributed by atoms with Crippen molar-refractivity contribution in [3.63, 3.8) is 0 Å². The van der Waals surface area contributed by atoms with E-state index < -0.39 is 11.6 Å². The SMILES string of the molecule is CNCC(C)CCc1ccc(F)c(F)c1. The van der Waals surface area contributed by atoms with Crippen molar-refractivity contribution in [3.8, 4) is 0 Å². The normalized spacial score (nSPS) is 12.8. The lowest BCUT2D eigenvalue weighted by atomic mass is 10.0. The zero-order chi connectivity index (χ0) is 11.3. The number of rotatable bonds is 5. The molecule has 1 aromatic rings. The lowest BCUT2D eigenvalue weighted by Crippen LogP contribution is -2.16. The van der Waals surface area contributed by atoms with E-state index in [1.54, 1.807) is 6.07 Å². The van der Waals surface area contributed by atoms with Crippen molar-refractivity contribution in [3.05, 3.63) is 35.4 Å². The van der Waals surface area contributed by atoms with Gasteiger partial charge in [0.25, 0.3) is 0 Å². The van der Waals surface area contributed by atoms with Crippen molar-refractivity contribution in [2.24, 2.45) is 5.92 Å². The predicted molar refractivity (Wildman–Crippen MR) is 57.8 cm³/mol. The van der Waals surface area contributed by atoms with Crippen LogP contribution in [0.15, 0.2) is 18.2 Å². The highest BCUT2D eigenvalue weighted by molar-refractivity contribution is 5.17. The number of benzene rings is 1. The molecule has 0 radical (unpaired) electrons.